The van der Waals surface area contributed by atoms with Crippen molar-refractivity contribution in [2.24, 2.45) is 5.92 Å². The summed E-state index contributed by atoms with van der Waals surface area (Å²) >= 11 is 3.46. The summed E-state index contributed by atoms with van der Waals surface area (Å²) in [5.41, 5.74) is 0.815. The molecule has 0 aromatic carbocycles. The molecule has 0 aliphatic carbocycles. The minimum absolute atomic E-state index is 0.304. The zero-order valence-corrected chi connectivity index (χ0v) is 14.2. The van der Waals surface area contributed by atoms with Crippen molar-refractivity contribution in [3.05, 3.63) is 22.9 Å². The molecule has 2 aromatic heterocycles. The van der Waals surface area contributed by atoms with Crippen molar-refractivity contribution >= 4 is 27.4 Å². The van der Waals surface area contributed by atoms with Crippen LogP contribution in [0.5, 0.6) is 0 Å². The summed E-state index contributed by atoms with van der Waals surface area (Å²) in [4.78, 5) is 4.59. The Kier molecular flexibility index (Phi) is 5.96. The first kappa shape index (κ1) is 16.2. The summed E-state index contributed by atoms with van der Waals surface area (Å²) < 4.78 is 7.69. The van der Waals surface area contributed by atoms with E-state index >= 15 is 0 Å². The van der Waals surface area contributed by atoms with Gasteiger partial charge in [0.2, 0.25) is 0 Å². The average Bonchev–Trinajstić information content (AvgIpc) is 2.83. The molecule has 0 aliphatic heterocycles. The largest absolute Gasteiger partial charge is 0.383 e. The van der Waals surface area contributed by atoms with Gasteiger partial charge in [-0.3, -0.25) is 0 Å². The molecular formula is C14H22BrN5O. The van der Waals surface area contributed by atoms with E-state index in [4.69, 9.17) is 4.74 Å². The molecule has 0 spiro atoms. The second kappa shape index (κ2) is 7.72. The molecule has 2 heterocycles. The number of nitrogens with zero attached hydrogens (tertiary/aromatic N) is 3. The maximum absolute atomic E-state index is 5.04. The van der Waals surface area contributed by atoms with Crippen molar-refractivity contribution < 1.29 is 4.74 Å². The van der Waals surface area contributed by atoms with Crippen molar-refractivity contribution in [2.45, 2.75) is 19.9 Å². The minimum atomic E-state index is 0.304. The summed E-state index contributed by atoms with van der Waals surface area (Å²) in [6.07, 6.45) is 3.66. The van der Waals surface area contributed by atoms with Crippen molar-refractivity contribution in [2.75, 3.05) is 32.1 Å². The third-order valence-electron chi connectivity index (χ3n) is 3.31. The lowest BCUT2D eigenvalue weighted by atomic mass is 10.0. The van der Waals surface area contributed by atoms with Crippen molar-refractivity contribution in [3.63, 3.8) is 0 Å². The van der Waals surface area contributed by atoms with E-state index in [2.05, 4.69) is 50.5 Å². The van der Waals surface area contributed by atoms with Crippen LogP contribution in [0.1, 0.15) is 13.8 Å². The highest BCUT2D eigenvalue weighted by Gasteiger charge is 2.14. The molecule has 1 unspecified atom stereocenters. The molecule has 0 aliphatic rings. The van der Waals surface area contributed by atoms with E-state index in [-0.39, 0.29) is 0 Å². The van der Waals surface area contributed by atoms with E-state index in [1.54, 1.807) is 17.8 Å². The van der Waals surface area contributed by atoms with Gasteiger partial charge in [-0.05, 0) is 27.9 Å². The number of fused-ring (bicyclic) bond motifs is 1. The zero-order valence-electron chi connectivity index (χ0n) is 12.6. The third-order valence-corrected chi connectivity index (χ3v) is 3.87. The second-order valence-electron chi connectivity index (χ2n) is 5.27. The van der Waals surface area contributed by atoms with E-state index in [9.17, 15) is 0 Å². The van der Waals surface area contributed by atoms with Gasteiger partial charge < -0.3 is 15.4 Å². The van der Waals surface area contributed by atoms with E-state index in [1.807, 2.05) is 12.3 Å². The topological polar surface area (TPSA) is 63.5 Å². The van der Waals surface area contributed by atoms with Crippen LogP contribution in [0.4, 0.5) is 5.82 Å². The van der Waals surface area contributed by atoms with Gasteiger partial charge in [-0.25, -0.2) is 9.50 Å². The molecule has 2 rings (SSSR count). The third kappa shape index (κ3) is 4.39. The number of nitrogens with one attached hydrogen (secondary N) is 2. The van der Waals surface area contributed by atoms with E-state index in [0.717, 1.165) is 35.6 Å². The highest BCUT2D eigenvalue weighted by Crippen LogP contribution is 2.18. The summed E-state index contributed by atoms with van der Waals surface area (Å²) in [5.74, 6) is 1.35. The monoisotopic (exact) mass is 355 g/mol. The van der Waals surface area contributed by atoms with Crippen LogP contribution in [0, 0.1) is 5.92 Å². The fourth-order valence-corrected chi connectivity index (χ4v) is 2.36. The number of ether oxygens (including phenoxy) is 1. The molecule has 0 amide bonds. The normalized spacial score (nSPS) is 13.0. The van der Waals surface area contributed by atoms with Crippen LogP contribution in [-0.2, 0) is 4.74 Å². The first-order valence-electron chi connectivity index (χ1n) is 7.08. The van der Waals surface area contributed by atoms with Gasteiger partial charge in [0, 0.05) is 32.4 Å². The van der Waals surface area contributed by atoms with Gasteiger partial charge in [-0.2, -0.15) is 5.10 Å². The maximum atomic E-state index is 5.04. The Hall–Kier alpha value is -1.18. The van der Waals surface area contributed by atoms with Crippen LogP contribution >= 0.6 is 15.9 Å². The van der Waals surface area contributed by atoms with Crippen LogP contribution in [-0.4, -0.2) is 47.4 Å². The molecule has 1 atom stereocenters. The Morgan fingerprint density at radius 1 is 1.43 bits per heavy atom. The minimum Gasteiger partial charge on any atom is -0.383 e. The average molecular weight is 356 g/mol. The lowest BCUT2D eigenvalue weighted by Gasteiger charge is -2.23. The summed E-state index contributed by atoms with van der Waals surface area (Å²) in [6.45, 7) is 6.83. The number of aromatic nitrogens is 3. The Bertz CT molecular complexity index is 571. The first-order chi connectivity index (χ1) is 10.1. The van der Waals surface area contributed by atoms with Crippen LogP contribution in [0.2, 0.25) is 0 Å². The Balaban J connectivity index is 2.02. The molecule has 0 bridgehead atoms. The van der Waals surface area contributed by atoms with Crippen LogP contribution in [0.3, 0.4) is 0 Å². The highest BCUT2D eigenvalue weighted by molar-refractivity contribution is 9.10. The number of hydrogen-bond donors (Lipinski definition) is 2. The standard InChI is InChI=1S/C14H22BrN5O/c1-10(2)12(9-16-5-7-21-3)18-13-4-6-20-14(19-13)11(15)8-17-20/h4,6,8,10,12,16H,5,7,9H2,1-3H3,(H,18,19). The molecule has 21 heavy (non-hydrogen) atoms. The van der Waals surface area contributed by atoms with Gasteiger partial charge in [0.25, 0.3) is 0 Å². The van der Waals surface area contributed by atoms with Gasteiger partial charge in [-0.1, -0.05) is 13.8 Å². The number of hydrogen-bond acceptors (Lipinski definition) is 5. The zero-order chi connectivity index (χ0) is 15.2. The fraction of sp³-hybridized carbons (Fsp3) is 0.571. The van der Waals surface area contributed by atoms with Crippen LogP contribution in [0.25, 0.3) is 5.65 Å². The SMILES string of the molecule is COCCNCC(Nc1ccn2ncc(Br)c2n1)C(C)C. The Morgan fingerprint density at radius 2 is 2.24 bits per heavy atom. The molecular weight excluding hydrogens is 334 g/mol. The second-order valence-corrected chi connectivity index (χ2v) is 6.12. The van der Waals surface area contributed by atoms with Gasteiger partial charge in [0.05, 0.1) is 17.3 Å². The predicted molar refractivity (Wildman–Crippen MR) is 87.7 cm³/mol. The molecule has 0 saturated heterocycles. The first-order valence-corrected chi connectivity index (χ1v) is 7.87. The molecule has 0 saturated carbocycles. The molecule has 2 N–H and O–H groups in total. The van der Waals surface area contributed by atoms with E-state index in [1.165, 1.54) is 0 Å². The summed E-state index contributed by atoms with van der Waals surface area (Å²) in [5, 5.41) is 11.1. The van der Waals surface area contributed by atoms with E-state index < -0.39 is 0 Å². The predicted octanol–water partition coefficient (Wildman–Crippen LogP) is 2.16. The summed E-state index contributed by atoms with van der Waals surface area (Å²) in [6, 6.07) is 2.25. The number of anilines is 1. The summed E-state index contributed by atoms with van der Waals surface area (Å²) in [7, 11) is 1.71. The molecule has 2 aromatic rings. The van der Waals surface area contributed by atoms with E-state index in [0.29, 0.717) is 12.0 Å². The molecule has 0 radical (unpaired) electrons. The molecule has 0 fully saturated rings. The van der Waals surface area contributed by atoms with Gasteiger partial charge >= 0.3 is 0 Å². The lowest BCUT2D eigenvalue weighted by Crippen LogP contribution is -2.38. The molecule has 7 heteroatoms. The quantitative estimate of drug-likeness (QED) is 0.710. The fourth-order valence-electron chi connectivity index (χ4n) is 2.00. The van der Waals surface area contributed by atoms with Gasteiger partial charge in [0.15, 0.2) is 5.65 Å². The molecule has 116 valence electrons. The maximum Gasteiger partial charge on any atom is 0.171 e. The Morgan fingerprint density at radius 3 is 2.95 bits per heavy atom. The number of methoxy groups -OCH3 is 1. The highest BCUT2D eigenvalue weighted by atomic mass is 79.9. The number of rotatable bonds is 8. The van der Waals surface area contributed by atoms with Crippen molar-refractivity contribution in [1.82, 2.24) is 19.9 Å². The van der Waals surface area contributed by atoms with Crippen molar-refractivity contribution in [1.29, 1.82) is 0 Å². The number of halogens is 1. The Labute approximate surface area is 133 Å². The van der Waals surface area contributed by atoms with Crippen molar-refractivity contribution in [3.8, 4) is 0 Å². The van der Waals surface area contributed by atoms with Crippen LogP contribution < -0.4 is 10.6 Å². The molecule has 6 nitrogen and oxygen atoms in total. The smallest absolute Gasteiger partial charge is 0.171 e. The van der Waals surface area contributed by atoms with Crippen LogP contribution in [0.15, 0.2) is 22.9 Å². The van der Waals surface area contributed by atoms with Gasteiger partial charge in [0.1, 0.15) is 5.82 Å². The van der Waals surface area contributed by atoms with Gasteiger partial charge in [-0.15, -0.1) is 0 Å². The lowest BCUT2D eigenvalue weighted by molar-refractivity contribution is 0.198.